The fourth-order valence-corrected chi connectivity index (χ4v) is 3.25. The predicted octanol–water partition coefficient (Wildman–Crippen LogP) is 0.351. The fourth-order valence-electron chi connectivity index (χ4n) is 2.21. The van der Waals surface area contributed by atoms with E-state index >= 15 is 0 Å². The van der Waals surface area contributed by atoms with Gasteiger partial charge in [0.2, 0.25) is 15.9 Å². The van der Waals surface area contributed by atoms with Crippen LogP contribution in [0.3, 0.4) is 0 Å². The highest BCUT2D eigenvalue weighted by atomic mass is 32.2. The lowest BCUT2D eigenvalue weighted by Gasteiger charge is -2.19. The van der Waals surface area contributed by atoms with E-state index in [-0.39, 0.29) is 30.3 Å². The third-order valence-corrected chi connectivity index (χ3v) is 5.59. The Morgan fingerprint density at radius 2 is 1.79 bits per heavy atom. The van der Waals surface area contributed by atoms with Gasteiger partial charge >= 0.3 is 0 Å². The molecule has 0 saturated heterocycles. The van der Waals surface area contributed by atoms with E-state index in [0.29, 0.717) is 5.39 Å². The van der Waals surface area contributed by atoms with Gasteiger partial charge in [-0.1, -0.05) is 18.2 Å². The molecule has 1 amide bonds. The quantitative estimate of drug-likeness (QED) is 0.752. The summed E-state index contributed by atoms with van der Waals surface area (Å²) in [6.45, 7) is -0.186. The topological polar surface area (TPSA) is 79.7 Å². The molecule has 0 atom stereocenters. The van der Waals surface area contributed by atoms with Crippen molar-refractivity contribution in [1.29, 1.82) is 0 Å². The van der Waals surface area contributed by atoms with Crippen LogP contribution in [0.15, 0.2) is 41.3 Å². The molecule has 1 aromatic carbocycles. The molecule has 1 aromatic heterocycles. The van der Waals surface area contributed by atoms with Gasteiger partial charge in [-0.05, 0) is 17.5 Å². The van der Waals surface area contributed by atoms with Crippen molar-refractivity contribution in [3.05, 3.63) is 46.9 Å². The molecule has 0 unspecified atom stereocenters. The van der Waals surface area contributed by atoms with E-state index in [0.717, 1.165) is 9.69 Å². The number of sulfonamides is 1. The van der Waals surface area contributed by atoms with Gasteiger partial charge < -0.3 is 9.47 Å². The first-order valence-electron chi connectivity index (χ1n) is 7.45. The zero-order valence-corrected chi connectivity index (χ0v) is 14.8. The van der Waals surface area contributed by atoms with Gasteiger partial charge in [0.25, 0.3) is 5.56 Å². The van der Waals surface area contributed by atoms with Crippen LogP contribution in [0.1, 0.15) is 0 Å². The number of benzene rings is 1. The Bertz CT molecular complexity index is 903. The second-order valence-electron chi connectivity index (χ2n) is 5.76. The SMILES string of the molecule is CN(C)C(=O)CN(C)S(=O)(=O)CCn1ccc2ccccc2c1=O. The molecular formula is C16H21N3O4S. The number of pyridine rings is 1. The molecule has 0 N–H and O–H groups in total. The molecule has 0 aliphatic carbocycles. The molecule has 0 radical (unpaired) electrons. The molecule has 0 fully saturated rings. The summed E-state index contributed by atoms with van der Waals surface area (Å²) in [6.07, 6.45) is 1.59. The van der Waals surface area contributed by atoms with Crippen LogP contribution in [0.2, 0.25) is 0 Å². The number of aromatic nitrogens is 1. The van der Waals surface area contributed by atoms with Gasteiger partial charge in [-0.3, -0.25) is 9.59 Å². The molecule has 0 saturated carbocycles. The number of nitrogens with zero attached hydrogens (tertiary/aromatic N) is 3. The van der Waals surface area contributed by atoms with E-state index in [1.807, 2.05) is 12.1 Å². The zero-order chi connectivity index (χ0) is 17.9. The van der Waals surface area contributed by atoms with Crippen molar-refractivity contribution in [3.63, 3.8) is 0 Å². The van der Waals surface area contributed by atoms with Crippen molar-refractivity contribution in [2.75, 3.05) is 33.4 Å². The van der Waals surface area contributed by atoms with E-state index in [1.165, 1.54) is 16.5 Å². The highest BCUT2D eigenvalue weighted by Crippen LogP contribution is 2.08. The Kier molecular flexibility index (Phi) is 5.40. The molecule has 2 aromatic rings. The standard InChI is InChI=1S/C16H21N3O4S/c1-17(2)15(20)12-18(3)24(22,23)11-10-19-9-8-13-6-4-5-7-14(13)16(19)21/h4-9H,10-12H2,1-3H3. The molecule has 8 heteroatoms. The molecule has 2 rings (SSSR count). The second kappa shape index (κ2) is 7.14. The summed E-state index contributed by atoms with van der Waals surface area (Å²) in [6, 6.07) is 8.93. The summed E-state index contributed by atoms with van der Waals surface area (Å²) < 4.78 is 26.9. The van der Waals surface area contributed by atoms with Crippen LogP contribution >= 0.6 is 0 Å². The van der Waals surface area contributed by atoms with Crippen molar-refractivity contribution in [2.24, 2.45) is 0 Å². The summed E-state index contributed by atoms with van der Waals surface area (Å²) in [7, 11) is 0.864. The molecule has 7 nitrogen and oxygen atoms in total. The number of rotatable bonds is 6. The average molecular weight is 351 g/mol. The number of fused-ring (bicyclic) bond motifs is 1. The van der Waals surface area contributed by atoms with Crippen molar-refractivity contribution >= 4 is 26.7 Å². The largest absolute Gasteiger partial charge is 0.348 e. The maximum atomic E-state index is 12.4. The number of carbonyl (C=O) groups excluding carboxylic acids is 1. The maximum absolute atomic E-state index is 12.4. The third-order valence-electron chi connectivity index (χ3n) is 3.81. The molecule has 24 heavy (non-hydrogen) atoms. The van der Waals surface area contributed by atoms with E-state index in [9.17, 15) is 18.0 Å². The Labute approximate surface area is 141 Å². The number of carbonyl (C=O) groups is 1. The molecule has 1 heterocycles. The maximum Gasteiger partial charge on any atom is 0.258 e. The summed E-state index contributed by atoms with van der Waals surface area (Å²) in [5.41, 5.74) is -0.227. The van der Waals surface area contributed by atoms with Gasteiger partial charge in [-0.25, -0.2) is 8.42 Å². The number of hydrogen-bond donors (Lipinski definition) is 0. The Hall–Kier alpha value is -2.19. The van der Waals surface area contributed by atoms with Crippen LogP contribution in [-0.2, 0) is 21.4 Å². The lowest BCUT2D eigenvalue weighted by molar-refractivity contribution is -0.128. The van der Waals surface area contributed by atoms with Crippen molar-refractivity contribution in [2.45, 2.75) is 6.54 Å². The number of aryl methyl sites for hydroxylation is 1. The first-order valence-corrected chi connectivity index (χ1v) is 9.05. The highest BCUT2D eigenvalue weighted by Gasteiger charge is 2.21. The predicted molar refractivity (Wildman–Crippen MR) is 93.3 cm³/mol. The molecule has 0 bridgehead atoms. The smallest absolute Gasteiger partial charge is 0.258 e. The minimum absolute atomic E-state index is 0.0342. The second-order valence-corrected chi connectivity index (χ2v) is 7.96. The van der Waals surface area contributed by atoms with Crippen LogP contribution in [0.4, 0.5) is 0 Å². The van der Waals surface area contributed by atoms with Gasteiger partial charge in [-0.15, -0.1) is 0 Å². The molecule has 0 aliphatic heterocycles. The van der Waals surface area contributed by atoms with Crippen LogP contribution < -0.4 is 5.56 Å². The van der Waals surface area contributed by atoms with E-state index in [1.54, 1.807) is 38.5 Å². The number of hydrogen-bond acceptors (Lipinski definition) is 4. The Morgan fingerprint density at radius 3 is 2.46 bits per heavy atom. The van der Waals surface area contributed by atoms with Gasteiger partial charge in [0.15, 0.2) is 0 Å². The minimum atomic E-state index is -3.63. The van der Waals surface area contributed by atoms with Gasteiger partial charge in [0, 0.05) is 39.3 Å². The summed E-state index contributed by atoms with van der Waals surface area (Å²) >= 11 is 0. The average Bonchev–Trinajstić information content (AvgIpc) is 2.54. The van der Waals surface area contributed by atoms with Crippen molar-refractivity contribution < 1.29 is 13.2 Å². The lowest BCUT2D eigenvalue weighted by atomic mass is 10.2. The van der Waals surface area contributed by atoms with Crippen LogP contribution in [0.5, 0.6) is 0 Å². The number of amides is 1. The van der Waals surface area contributed by atoms with Gasteiger partial charge in [-0.2, -0.15) is 4.31 Å². The van der Waals surface area contributed by atoms with E-state index in [4.69, 9.17) is 0 Å². The van der Waals surface area contributed by atoms with Gasteiger partial charge in [0.1, 0.15) is 0 Å². The molecular weight excluding hydrogens is 330 g/mol. The summed E-state index contributed by atoms with van der Waals surface area (Å²) in [5.74, 6) is -0.549. The first-order chi connectivity index (χ1) is 11.2. The molecule has 0 spiro atoms. The first kappa shape index (κ1) is 18.2. The van der Waals surface area contributed by atoms with E-state index in [2.05, 4.69) is 0 Å². The van der Waals surface area contributed by atoms with Gasteiger partial charge in [0.05, 0.1) is 12.3 Å². The fraction of sp³-hybridized carbons (Fsp3) is 0.375. The lowest BCUT2D eigenvalue weighted by Crippen LogP contribution is -2.39. The highest BCUT2D eigenvalue weighted by molar-refractivity contribution is 7.89. The monoisotopic (exact) mass is 351 g/mol. The van der Waals surface area contributed by atoms with Crippen LogP contribution in [0, 0.1) is 0 Å². The summed E-state index contributed by atoms with van der Waals surface area (Å²) in [5, 5.41) is 1.36. The molecule has 0 aliphatic rings. The third kappa shape index (κ3) is 4.01. The number of likely N-dealkylation sites (N-methyl/N-ethyl adjacent to an activating group) is 2. The van der Waals surface area contributed by atoms with Crippen molar-refractivity contribution in [3.8, 4) is 0 Å². The zero-order valence-electron chi connectivity index (χ0n) is 14.0. The minimum Gasteiger partial charge on any atom is -0.348 e. The van der Waals surface area contributed by atoms with Crippen LogP contribution in [0.25, 0.3) is 10.8 Å². The van der Waals surface area contributed by atoms with Crippen molar-refractivity contribution in [1.82, 2.24) is 13.8 Å². The van der Waals surface area contributed by atoms with Crippen LogP contribution in [-0.4, -0.2) is 61.5 Å². The van der Waals surface area contributed by atoms with E-state index < -0.39 is 10.0 Å². The normalized spacial score (nSPS) is 11.8. The summed E-state index contributed by atoms with van der Waals surface area (Å²) in [4.78, 5) is 25.3. The molecule has 130 valence electrons. The Morgan fingerprint density at radius 1 is 1.12 bits per heavy atom. The Balaban J connectivity index is 2.14.